The summed E-state index contributed by atoms with van der Waals surface area (Å²) in [6, 6.07) is 10.2. The van der Waals surface area contributed by atoms with Gasteiger partial charge < -0.3 is 0 Å². The van der Waals surface area contributed by atoms with Crippen LogP contribution in [0.2, 0.25) is 0 Å². The first kappa shape index (κ1) is 20.5. The zero-order valence-corrected chi connectivity index (χ0v) is 17.3. The topological polar surface area (TPSA) is 111 Å². The lowest BCUT2D eigenvalue weighted by Gasteiger charge is -2.19. The zero-order valence-electron chi connectivity index (χ0n) is 16.5. The molecule has 1 heterocycles. The molecule has 1 N–H and O–H groups in total. The summed E-state index contributed by atoms with van der Waals surface area (Å²) in [4.78, 5) is 23.6. The predicted octanol–water partition coefficient (Wildman–Crippen LogP) is 4.35. The molecule has 0 amide bonds. The van der Waals surface area contributed by atoms with E-state index in [0.717, 1.165) is 11.6 Å². The van der Waals surface area contributed by atoms with Crippen LogP contribution in [-0.2, 0) is 10.0 Å². The molecule has 3 rings (SSSR count). The fourth-order valence-corrected chi connectivity index (χ4v) is 3.96. The summed E-state index contributed by atoms with van der Waals surface area (Å²) in [5.41, 5.74) is 0.121. The Hall–Kier alpha value is -3.20. The van der Waals surface area contributed by atoms with Crippen molar-refractivity contribution in [2.75, 3.05) is 4.72 Å². The molecule has 29 heavy (non-hydrogen) atoms. The lowest BCUT2D eigenvalue weighted by atomic mass is 9.95. The smallest absolute Gasteiger partial charge is 0.272 e. The number of aryl methyl sites for hydroxylation is 1. The first-order chi connectivity index (χ1) is 13.4. The highest BCUT2D eigenvalue weighted by Gasteiger charge is 2.27. The maximum Gasteiger partial charge on any atom is 0.272 e. The fraction of sp³-hybridized carbons (Fsp3) is 0.250. The van der Waals surface area contributed by atoms with Crippen molar-refractivity contribution < 1.29 is 18.1 Å². The quantitative estimate of drug-likeness (QED) is 0.503. The van der Waals surface area contributed by atoms with Gasteiger partial charge in [0.2, 0.25) is 5.91 Å². The molecule has 0 saturated heterocycles. The van der Waals surface area contributed by atoms with Gasteiger partial charge in [-0.2, -0.15) is 0 Å². The number of nitro groups is 1. The third kappa shape index (κ3) is 4.00. The van der Waals surface area contributed by atoms with E-state index in [1.54, 1.807) is 39.0 Å². The van der Waals surface area contributed by atoms with E-state index in [2.05, 4.69) is 4.72 Å². The minimum Gasteiger partial charge on any atom is -0.285 e. The molecule has 0 bridgehead atoms. The number of aromatic nitrogens is 1. The largest absolute Gasteiger partial charge is 0.285 e. The third-order valence-corrected chi connectivity index (χ3v) is 5.80. The van der Waals surface area contributed by atoms with E-state index in [4.69, 9.17) is 0 Å². The van der Waals surface area contributed by atoms with E-state index in [1.807, 2.05) is 6.92 Å². The van der Waals surface area contributed by atoms with Crippen LogP contribution in [0.25, 0.3) is 10.9 Å². The molecular weight excluding hydrogens is 394 g/mol. The number of carbonyl (C=O) groups excluding carboxylic acids is 1. The molecule has 0 unspecified atom stereocenters. The number of hydrogen-bond acceptors (Lipinski definition) is 5. The Bertz CT molecular complexity index is 1220. The molecule has 0 aliphatic carbocycles. The predicted molar refractivity (Wildman–Crippen MR) is 111 cm³/mol. The minimum atomic E-state index is -4.02. The Morgan fingerprint density at radius 1 is 1.10 bits per heavy atom. The van der Waals surface area contributed by atoms with Crippen LogP contribution < -0.4 is 4.72 Å². The molecule has 8 nitrogen and oxygen atoms in total. The summed E-state index contributed by atoms with van der Waals surface area (Å²) >= 11 is 0. The maximum atomic E-state index is 12.9. The highest BCUT2D eigenvalue weighted by Crippen LogP contribution is 2.33. The Kier molecular flexibility index (Phi) is 4.96. The highest BCUT2D eigenvalue weighted by atomic mass is 32.2. The summed E-state index contributed by atoms with van der Waals surface area (Å²) in [5, 5.41) is 11.7. The van der Waals surface area contributed by atoms with Crippen molar-refractivity contribution in [3.63, 3.8) is 0 Å². The molecule has 9 heteroatoms. The molecule has 0 radical (unpaired) electrons. The molecule has 3 aromatic rings. The number of non-ortho nitro benzene ring substituents is 1. The molecule has 152 valence electrons. The number of benzene rings is 2. The van der Waals surface area contributed by atoms with Crippen LogP contribution in [0.15, 0.2) is 53.6 Å². The van der Waals surface area contributed by atoms with Crippen LogP contribution in [0.3, 0.4) is 0 Å². The van der Waals surface area contributed by atoms with Crippen LogP contribution in [0, 0.1) is 22.5 Å². The molecule has 1 aromatic heterocycles. The van der Waals surface area contributed by atoms with Crippen molar-refractivity contribution in [1.82, 2.24) is 4.57 Å². The average Bonchev–Trinajstić information content (AvgIpc) is 3.04. The van der Waals surface area contributed by atoms with E-state index < -0.39 is 20.4 Å². The molecule has 0 fully saturated rings. The Morgan fingerprint density at radius 3 is 2.28 bits per heavy atom. The van der Waals surface area contributed by atoms with Crippen molar-refractivity contribution >= 4 is 38.2 Å². The van der Waals surface area contributed by atoms with Crippen molar-refractivity contribution in [3.05, 3.63) is 64.3 Å². The Labute approximate surface area is 168 Å². The summed E-state index contributed by atoms with van der Waals surface area (Å²) < 4.78 is 29.5. The number of nitrogens with one attached hydrogen (secondary N) is 1. The highest BCUT2D eigenvalue weighted by molar-refractivity contribution is 7.92. The van der Waals surface area contributed by atoms with Gasteiger partial charge in [-0.25, -0.2) is 8.42 Å². The summed E-state index contributed by atoms with van der Waals surface area (Å²) in [6.45, 7) is 7.05. The average molecular weight is 415 g/mol. The van der Waals surface area contributed by atoms with Gasteiger partial charge in [0.15, 0.2) is 0 Å². The molecule has 0 spiro atoms. The molecular formula is C20H21N3O5S. The van der Waals surface area contributed by atoms with Crippen molar-refractivity contribution in [1.29, 1.82) is 0 Å². The first-order valence-electron chi connectivity index (χ1n) is 8.84. The van der Waals surface area contributed by atoms with E-state index in [9.17, 15) is 23.3 Å². The molecule has 0 aliphatic heterocycles. The van der Waals surface area contributed by atoms with Crippen molar-refractivity contribution in [2.24, 2.45) is 5.41 Å². The zero-order chi connectivity index (χ0) is 21.6. The van der Waals surface area contributed by atoms with Gasteiger partial charge in [-0.05, 0) is 25.1 Å². The maximum absolute atomic E-state index is 12.9. The Morgan fingerprint density at radius 2 is 1.72 bits per heavy atom. The molecule has 2 aromatic carbocycles. The second-order valence-corrected chi connectivity index (χ2v) is 9.53. The van der Waals surface area contributed by atoms with Gasteiger partial charge in [0.1, 0.15) is 0 Å². The third-order valence-electron chi connectivity index (χ3n) is 4.42. The van der Waals surface area contributed by atoms with Crippen molar-refractivity contribution in [3.8, 4) is 0 Å². The minimum absolute atomic E-state index is 0.0167. The van der Waals surface area contributed by atoms with Gasteiger partial charge in [0.05, 0.1) is 21.0 Å². The molecule has 0 atom stereocenters. The Balaban J connectivity index is 2.21. The summed E-state index contributed by atoms with van der Waals surface area (Å²) in [7, 11) is -4.02. The number of anilines is 1. The second-order valence-electron chi connectivity index (χ2n) is 7.85. The number of rotatable bonds is 4. The van der Waals surface area contributed by atoms with Crippen LogP contribution in [0.1, 0.15) is 31.1 Å². The van der Waals surface area contributed by atoms with Crippen LogP contribution >= 0.6 is 0 Å². The van der Waals surface area contributed by atoms with Gasteiger partial charge in [-0.15, -0.1) is 0 Å². The van der Waals surface area contributed by atoms with Gasteiger partial charge in [0, 0.05) is 29.1 Å². The number of sulfonamides is 1. The number of hydrogen-bond donors (Lipinski definition) is 1. The molecule has 0 aliphatic rings. The second kappa shape index (κ2) is 7.00. The van der Waals surface area contributed by atoms with E-state index in [-0.39, 0.29) is 27.7 Å². The van der Waals surface area contributed by atoms with E-state index in [0.29, 0.717) is 5.39 Å². The van der Waals surface area contributed by atoms with Crippen LogP contribution in [0.5, 0.6) is 0 Å². The van der Waals surface area contributed by atoms with Gasteiger partial charge in [-0.3, -0.25) is 24.2 Å². The molecule has 0 saturated carbocycles. The first-order valence-corrected chi connectivity index (χ1v) is 10.3. The van der Waals surface area contributed by atoms with Crippen LogP contribution in [0.4, 0.5) is 11.4 Å². The van der Waals surface area contributed by atoms with Crippen molar-refractivity contribution in [2.45, 2.75) is 32.6 Å². The van der Waals surface area contributed by atoms with Gasteiger partial charge in [0.25, 0.3) is 15.7 Å². The van der Waals surface area contributed by atoms with E-state index in [1.165, 1.54) is 29.0 Å². The van der Waals surface area contributed by atoms with Gasteiger partial charge in [-0.1, -0.05) is 38.5 Å². The summed E-state index contributed by atoms with van der Waals surface area (Å²) in [5.74, 6) is -0.267. The SMILES string of the molecule is Cc1ccc(S(=O)(=O)Nc2cc([N+](=O)[O-])cc3ccn(C(=O)C(C)(C)C)c23)cc1. The normalized spacial score (nSPS) is 12.1. The number of fused-ring (bicyclic) bond motifs is 1. The standard InChI is InChI=1S/C20H21N3O5S/c1-13-5-7-16(8-6-13)29(27,28)21-17-12-15(23(25)26)11-14-9-10-22(18(14)17)19(24)20(2,3)4/h5-12,21H,1-4H3. The number of nitro benzene ring substituents is 1. The van der Waals surface area contributed by atoms with Crippen LogP contribution in [-0.4, -0.2) is 23.8 Å². The lowest BCUT2D eigenvalue weighted by molar-refractivity contribution is -0.384. The van der Waals surface area contributed by atoms with Gasteiger partial charge >= 0.3 is 0 Å². The fourth-order valence-electron chi connectivity index (χ4n) is 2.90. The lowest BCUT2D eigenvalue weighted by Crippen LogP contribution is -2.26. The monoisotopic (exact) mass is 415 g/mol. The van der Waals surface area contributed by atoms with E-state index >= 15 is 0 Å². The number of nitrogens with zero attached hydrogens (tertiary/aromatic N) is 2. The summed E-state index contributed by atoms with van der Waals surface area (Å²) in [6.07, 6.45) is 1.49. The number of carbonyl (C=O) groups is 1.